The van der Waals surface area contributed by atoms with Crippen LogP contribution in [0, 0.1) is 0 Å². The van der Waals surface area contributed by atoms with E-state index in [1.54, 1.807) is 12.1 Å². The summed E-state index contributed by atoms with van der Waals surface area (Å²) in [5.74, 6) is -1.08. The van der Waals surface area contributed by atoms with Gasteiger partial charge in [-0.1, -0.05) is 11.6 Å². The van der Waals surface area contributed by atoms with Gasteiger partial charge in [0.05, 0.1) is 32.1 Å². The Labute approximate surface area is 174 Å². The summed E-state index contributed by atoms with van der Waals surface area (Å²) in [4.78, 5) is 27.0. The Morgan fingerprint density at radius 3 is 2.66 bits per heavy atom. The van der Waals surface area contributed by atoms with Crippen molar-refractivity contribution >= 4 is 29.1 Å². The molecule has 1 saturated heterocycles. The number of rotatable bonds is 6. The highest BCUT2D eigenvalue weighted by molar-refractivity contribution is 6.40. The topological polar surface area (TPSA) is 84.8 Å². The van der Waals surface area contributed by atoms with Crippen LogP contribution in [0.4, 0.5) is 5.69 Å². The number of aromatic nitrogens is 1. The zero-order chi connectivity index (χ0) is 20.8. The van der Waals surface area contributed by atoms with Crippen LogP contribution in [-0.4, -0.2) is 61.2 Å². The zero-order valence-electron chi connectivity index (χ0n) is 16.5. The lowest BCUT2D eigenvalue weighted by Crippen LogP contribution is -2.46. The van der Waals surface area contributed by atoms with E-state index in [0.717, 1.165) is 18.8 Å². The molecule has 1 aliphatic rings. The van der Waals surface area contributed by atoms with Crippen LogP contribution in [0.5, 0.6) is 5.75 Å². The standard InChI is InChI=1S/C20H25ClN4O4/c1-24-7-3-4-16(24)17(25-8-10-29-11-9-25)13-22-19(26)20(27)23-15-12-14(21)5-6-18(15)28-2/h3-7,12,17H,8-11,13H2,1-2H3,(H,22,26)(H,23,27)/t17-/m1/s1. The largest absolute Gasteiger partial charge is 0.495 e. The van der Waals surface area contributed by atoms with E-state index in [4.69, 9.17) is 21.1 Å². The van der Waals surface area contributed by atoms with E-state index < -0.39 is 11.8 Å². The Morgan fingerprint density at radius 2 is 2.00 bits per heavy atom. The molecule has 8 nitrogen and oxygen atoms in total. The molecule has 2 N–H and O–H groups in total. The van der Waals surface area contributed by atoms with Crippen molar-refractivity contribution in [2.24, 2.45) is 7.05 Å². The molecule has 2 aromatic rings. The molecule has 1 fully saturated rings. The fraction of sp³-hybridized carbons (Fsp3) is 0.400. The molecule has 29 heavy (non-hydrogen) atoms. The first-order valence-corrected chi connectivity index (χ1v) is 9.73. The van der Waals surface area contributed by atoms with Crippen molar-refractivity contribution in [1.29, 1.82) is 0 Å². The molecule has 1 aromatic heterocycles. The number of carbonyl (C=O) groups is 2. The van der Waals surface area contributed by atoms with Crippen LogP contribution in [0.3, 0.4) is 0 Å². The molecule has 0 aliphatic carbocycles. The second-order valence-electron chi connectivity index (χ2n) is 6.72. The number of morpholine rings is 1. The van der Waals surface area contributed by atoms with E-state index in [1.807, 2.05) is 29.9 Å². The number of methoxy groups -OCH3 is 1. The van der Waals surface area contributed by atoms with E-state index in [2.05, 4.69) is 15.5 Å². The van der Waals surface area contributed by atoms with Gasteiger partial charge in [-0.05, 0) is 30.3 Å². The lowest BCUT2D eigenvalue weighted by atomic mass is 10.1. The third kappa shape index (κ3) is 5.29. The molecular formula is C20H25ClN4O4. The fourth-order valence-electron chi connectivity index (χ4n) is 3.36. The van der Waals surface area contributed by atoms with Crippen LogP contribution >= 0.6 is 11.6 Å². The van der Waals surface area contributed by atoms with Gasteiger partial charge in [-0.15, -0.1) is 0 Å². The molecule has 2 heterocycles. The minimum Gasteiger partial charge on any atom is -0.495 e. The molecule has 0 spiro atoms. The first-order valence-electron chi connectivity index (χ1n) is 9.35. The molecule has 0 bridgehead atoms. The molecular weight excluding hydrogens is 396 g/mol. The Kier molecular flexibility index (Phi) is 7.13. The van der Waals surface area contributed by atoms with Gasteiger partial charge >= 0.3 is 11.8 Å². The molecule has 3 rings (SSSR count). The van der Waals surface area contributed by atoms with E-state index >= 15 is 0 Å². The quantitative estimate of drug-likeness (QED) is 0.696. The van der Waals surface area contributed by atoms with Crippen molar-refractivity contribution in [3.8, 4) is 5.75 Å². The third-order valence-electron chi connectivity index (χ3n) is 4.88. The van der Waals surface area contributed by atoms with Crippen LogP contribution in [-0.2, 0) is 21.4 Å². The maximum absolute atomic E-state index is 12.4. The zero-order valence-corrected chi connectivity index (χ0v) is 17.2. The third-order valence-corrected chi connectivity index (χ3v) is 5.12. The monoisotopic (exact) mass is 420 g/mol. The number of nitrogens with one attached hydrogen (secondary N) is 2. The Morgan fingerprint density at radius 1 is 1.24 bits per heavy atom. The van der Waals surface area contributed by atoms with Crippen molar-refractivity contribution in [2.75, 3.05) is 45.3 Å². The lowest BCUT2D eigenvalue weighted by Gasteiger charge is -2.34. The molecule has 0 radical (unpaired) electrons. The van der Waals surface area contributed by atoms with Crippen molar-refractivity contribution < 1.29 is 19.1 Å². The molecule has 9 heteroatoms. The SMILES string of the molecule is COc1ccc(Cl)cc1NC(=O)C(=O)NC[C@H](c1cccn1C)N1CCOCC1. The number of ether oxygens (including phenoxy) is 2. The summed E-state index contributed by atoms with van der Waals surface area (Å²) in [6, 6.07) is 8.72. The van der Waals surface area contributed by atoms with Crippen molar-refractivity contribution in [3.63, 3.8) is 0 Å². The number of anilines is 1. The van der Waals surface area contributed by atoms with Crippen LogP contribution in [0.15, 0.2) is 36.5 Å². The summed E-state index contributed by atoms with van der Waals surface area (Å²) in [5, 5.41) is 5.73. The van der Waals surface area contributed by atoms with Crippen molar-refractivity contribution in [3.05, 3.63) is 47.2 Å². The van der Waals surface area contributed by atoms with Gasteiger partial charge in [-0.3, -0.25) is 14.5 Å². The van der Waals surface area contributed by atoms with Gasteiger partial charge in [-0.25, -0.2) is 0 Å². The Balaban J connectivity index is 1.66. The van der Waals surface area contributed by atoms with E-state index in [0.29, 0.717) is 36.2 Å². The maximum atomic E-state index is 12.4. The van der Waals surface area contributed by atoms with Gasteiger partial charge in [0.25, 0.3) is 0 Å². The first-order chi connectivity index (χ1) is 14.0. The predicted molar refractivity (Wildman–Crippen MR) is 110 cm³/mol. The van der Waals surface area contributed by atoms with E-state index in [9.17, 15) is 9.59 Å². The van der Waals surface area contributed by atoms with Gasteiger partial charge in [0.15, 0.2) is 0 Å². The summed E-state index contributed by atoms with van der Waals surface area (Å²) in [5.41, 5.74) is 1.40. The summed E-state index contributed by atoms with van der Waals surface area (Å²) in [6.45, 7) is 3.11. The maximum Gasteiger partial charge on any atom is 0.313 e. The smallest absolute Gasteiger partial charge is 0.313 e. The number of carbonyl (C=O) groups excluding carboxylic acids is 2. The first kappa shape index (κ1) is 21.2. The van der Waals surface area contributed by atoms with Gasteiger partial charge in [0.2, 0.25) is 0 Å². The predicted octanol–water partition coefficient (Wildman–Crippen LogP) is 1.82. The van der Waals surface area contributed by atoms with Gasteiger partial charge in [-0.2, -0.15) is 0 Å². The molecule has 0 unspecified atom stereocenters. The number of benzene rings is 1. The number of amides is 2. The van der Waals surface area contributed by atoms with Crippen LogP contribution in [0.25, 0.3) is 0 Å². The lowest BCUT2D eigenvalue weighted by molar-refractivity contribution is -0.136. The number of aryl methyl sites for hydroxylation is 1. The number of hydrogen-bond acceptors (Lipinski definition) is 5. The highest BCUT2D eigenvalue weighted by Gasteiger charge is 2.26. The minimum absolute atomic E-state index is 0.0589. The molecule has 156 valence electrons. The minimum atomic E-state index is -0.779. The highest BCUT2D eigenvalue weighted by atomic mass is 35.5. The second-order valence-corrected chi connectivity index (χ2v) is 7.15. The Bertz CT molecular complexity index is 864. The Hall–Kier alpha value is -2.55. The van der Waals surface area contributed by atoms with Gasteiger partial charge < -0.3 is 24.7 Å². The molecule has 1 atom stereocenters. The fourth-order valence-corrected chi connectivity index (χ4v) is 3.53. The number of nitrogens with zero attached hydrogens (tertiary/aromatic N) is 2. The molecule has 0 saturated carbocycles. The van der Waals surface area contributed by atoms with Crippen molar-refractivity contribution in [2.45, 2.75) is 6.04 Å². The average molecular weight is 421 g/mol. The summed E-state index contributed by atoms with van der Waals surface area (Å²) in [6.07, 6.45) is 1.96. The molecule has 2 amide bonds. The highest BCUT2D eigenvalue weighted by Crippen LogP contribution is 2.27. The van der Waals surface area contributed by atoms with E-state index in [1.165, 1.54) is 13.2 Å². The number of halogens is 1. The summed E-state index contributed by atoms with van der Waals surface area (Å²) in [7, 11) is 3.44. The molecule has 1 aliphatic heterocycles. The van der Waals surface area contributed by atoms with Gasteiger partial charge in [0, 0.05) is 43.6 Å². The summed E-state index contributed by atoms with van der Waals surface area (Å²) < 4.78 is 12.6. The van der Waals surface area contributed by atoms with Crippen LogP contribution in [0.1, 0.15) is 11.7 Å². The van der Waals surface area contributed by atoms with Crippen molar-refractivity contribution in [1.82, 2.24) is 14.8 Å². The normalized spacial score (nSPS) is 15.6. The second kappa shape index (κ2) is 9.78. The molecule has 1 aromatic carbocycles. The number of hydrogen-bond donors (Lipinski definition) is 2. The average Bonchev–Trinajstić information content (AvgIpc) is 3.14. The van der Waals surface area contributed by atoms with E-state index in [-0.39, 0.29) is 6.04 Å². The van der Waals surface area contributed by atoms with Gasteiger partial charge in [0.1, 0.15) is 5.75 Å². The summed E-state index contributed by atoms with van der Waals surface area (Å²) >= 11 is 5.97. The van der Waals surface area contributed by atoms with Crippen LogP contribution < -0.4 is 15.4 Å². The van der Waals surface area contributed by atoms with Crippen LogP contribution in [0.2, 0.25) is 5.02 Å².